The van der Waals surface area contributed by atoms with Crippen LogP contribution in [0.25, 0.3) is 0 Å². The van der Waals surface area contributed by atoms with E-state index in [-0.39, 0.29) is 11.7 Å². The Bertz CT molecular complexity index is 693. The number of ketones is 1. The molecule has 0 N–H and O–H groups in total. The molecule has 4 heteroatoms. The van der Waals surface area contributed by atoms with E-state index in [0.29, 0.717) is 6.54 Å². The molecule has 1 atom stereocenters. The molecule has 0 aliphatic rings. The van der Waals surface area contributed by atoms with Crippen molar-refractivity contribution < 1.29 is 9.59 Å². The van der Waals surface area contributed by atoms with Gasteiger partial charge in [0.1, 0.15) is 0 Å². The van der Waals surface area contributed by atoms with Crippen molar-refractivity contribution in [1.29, 1.82) is 0 Å². The molecule has 0 saturated carbocycles. The van der Waals surface area contributed by atoms with E-state index in [2.05, 4.69) is 15.9 Å². The lowest BCUT2D eigenvalue weighted by Crippen LogP contribution is -2.47. The van der Waals surface area contributed by atoms with Gasteiger partial charge in [0.15, 0.2) is 10.1 Å². The molecular formula is C19H20BrNO2. The molecule has 3 nitrogen and oxygen atoms in total. The van der Waals surface area contributed by atoms with Crippen LogP contribution in [0.4, 0.5) is 5.69 Å². The average molecular weight is 374 g/mol. The van der Waals surface area contributed by atoms with Gasteiger partial charge in [-0.15, -0.1) is 0 Å². The highest BCUT2D eigenvalue weighted by Gasteiger charge is 2.39. The third kappa shape index (κ3) is 4.08. The van der Waals surface area contributed by atoms with Crippen molar-refractivity contribution >= 4 is 33.3 Å². The predicted molar refractivity (Wildman–Crippen MR) is 96.8 cm³/mol. The van der Waals surface area contributed by atoms with Crippen LogP contribution in [0.15, 0.2) is 54.6 Å². The van der Waals surface area contributed by atoms with Gasteiger partial charge < -0.3 is 4.90 Å². The summed E-state index contributed by atoms with van der Waals surface area (Å²) >= 11 is 3.30. The first-order valence-corrected chi connectivity index (χ1v) is 8.24. The minimum absolute atomic E-state index is 0.215. The van der Waals surface area contributed by atoms with Crippen LogP contribution in [0.3, 0.4) is 0 Å². The molecule has 0 heterocycles. The van der Waals surface area contributed by atoms with Gasteiger partial charge in [-0.2, -0.15) is 0 Å². The van der Waals surface area contributed by atoms with Gasteiger partial charge in [0.25, 0.3) is 5.91 Å². The van der Waals surface area contributed by atoms with E-state index < -0.39 is 4.32 Å². The predicted octanol–water partition coefficient (Wildman–Crippen LogP) is 4.27. The molecule has 2 rings (SSSR count). The number of anilines is 1. The number of amides is 1. The van der Waals surface area contributed by atoms with Gasteiger partial charge in [-0.25, -0.2) is 0 Å². The van der Waals surface area contributed by atoms with Crippen LogP contribution in [-0.2, 0) is 16.1 Å². The number of carbonyl (C=O) groups excluding carboxylic acids is 2. The zero-order valence-corrected chi connectivity index (χ0v) is 15.1. The number of hydrogen-bond donors (Lipinski definition) is 0. The maximum atomic E-state index is 13.0. The van der Waals surface area contributed by atoms with Crippen molar-refractivity contribution in [2.45, 2.75) is 31.6 Å². The number of halogens is 1. The summed E-state index contributed by atoms with van der Waals surface area (Å²) in [6.45, 7) is 5.43. The van der Waals surface area contributed by atoms with Gasteiger partial charge in [0.2, 0.25) is 0 Å². The van der Waals surface area contributed by atoms with Crippen LogP contribution < -0.4 is 4.90 Å². The molecule has 120 valence electrons. The minimum Gasteiger partial charge on any atom is -0.306 e. The second-order valence-electron chi connectivity index (χ2n) is 5.77. The van der Waals surface area contributed by atoms with Crippen molar-refractivity contribution in [3.8, 4) is 0 Å². The van der Waals surface area contributed by atoms with E-state index >= 15 is 0 Å². The molecule has 0 aliphatic heterocycles. The second-order valence-corrected chi connectivity index (χ2v) is 7.36. The van der Waals surface area contributed by atoms with Crippen molar-refractivity contribution in [1.82, 2.24) is 0 Å². The largest absolute Gasteiger partial charge is 0.306 e. The third-order valence-electron chi connectivity index (χ3n) is 3.84. The molecule has 0 bridgehead atoms. The number of alkyl halides is 1. The van der Waals surface area contributed by atoms with Gasteiger partial charge in [0.05, 0.1) is 6.54 Å². The van der Waals surface area contributed by atoms with Crippen molar-refractivity contribution in [3.05, 3.63) is 65.7 Å². The first-order valence-electron chi connectivity index (χ1n) is 7.45. The smallest absolute Gasteiger partial charge is 0.251 e. The summed E-state index contributed by atoms with van der Waals surface area (Å²) in [5.41, 5.74) is 2.90. The quantitative estimate of drug-likeness (QED) is 0.579. The fraction of sp³-hybridized carbons (Fsp3) is 0.263. The van der Waals surface area contributed by atoms with Crippen LogP contribution in [0, 0.1) is 6.92 Å². The molecular weight excluding hydrogens is 354 g/mol. The van der Waals surface area contributed by atoms with E-state index in [1.165, 1.54) is 6.92 Å². The normalized spacial score (nSPS) is 13.2. The monoisotopic (exact) mass is 373 g/mol. The van der Waals surface area contributed by atoms with E-state index in [1.54, 1.807) is 11.8 Å². The Balaban J connectivity index is 2.41. The standard InChI is InChI=1S/C19H20BrNO2/c1-14-9-11-17(12-10-14)21(13-16-7-5-4-6-8-16)18(23)19(3,20)15(2)22/h4-12H,13H2,1-3H3. The summed E-state index contributed by atoms with van der Waals surface area (Å²) in [5, 5.41) is 0. The van der Waals surface area contributed by atoms with Gasteiger partial charge in [-0.05, 0) is 38.5 Å². The van der Waals surface area contributed by atoms with Crippen LogP contribution in [0.5, 0.6) is 0 Å². The summed E-state index contributed by atoms with van der Waals surface area (Å²) < 4.78 is -1.23. The molecule has 1 unspecified atom stereocenters. The number of Topliss-reactive ketones (excluding diaryl/α,β-unsaturated/α-hetero) is 1. The van der Waals surface area contributed by atoms with Gasteiger partial charge in [0, 0.05) is 5.69 Å². The molecule has 1 amide bonds. The molecule has 23 heavy (non-hydrogen) atoms. The summed E-state index contributed by atoms with van der Waals surface area (Å²) in [6.07, 6.45) is 0. The van der Waals surface area contributed by atoms with Gasteiger partial charge >= 0.3 is 0 Å². The Kier molecular flexibility index (Phi) is 5.37. The highest BCUT2D eigenvalue weighted by atomic mass is 79.9. The highest BCUT2D eigenvalue weighted by Crippen LogP contribution is 2.27. The topological polar surface area (TPSA) is 37.4 Å². The maximum absolute atomic E-state index is 13.0. The Morgan fingerprint density at radius 1 is 1.04 bits per heavy atom. The summed E-state index contributed by atoms with van der Waals surface area (Å²) in [7, 11) is 0. The lowest BCUT2D eigenvalue weighted by Gasteiger charge is -2.29. The summed E-state index contributed by atoms with van der Waals surface area (Å²) in [6, 6.07) is 17.5. The molecule has 0 aliphatic carbocycles. The maximum Gasteiger partial charge on any atom is 0.251 e. The Labute approximate surface area is 145 Å². The fourth-order valence-electron chi connectivity index (χ4n) is 2.18. The second kappa shape index (κ2) is 7.09. The molecule has 0 radical (unpaired) electrons. The van der Waals surface area contributed by atoms with Crippen LogP contribution >= 0.6 is 15.9 Å². The number of carbonyl (C=O) groups is 2. The Hall–Kier alpha value is -1.94. The van der Waals surface area contributed by atoms with E-state index in [0.717, 1.165) is 16.8 Å². The van der Waals surface area contributed by atoms with Crippen molar-refractivity contribution in [2.75, 3.05) is 4.90 Å². The SMILES string of the molecule is CC(=O)C(C)(Br)C(=O)N(Cc1ccccc1)c1ccc(C)cc1. The third-order valence-corrected chi connectivity index (χ3v) is 4.73. The first kappa shape index (κ1) is 17.4. The van der Waals surface area contributed by atoms with E-state index in [4.69, 9.17) is 0 Å². The number of hydrogen-bond acceptors (Lipinski definition) is 2. The zero-order valence-electron chi connectivity index (χ0n) is 13.5. The van der Waals surface area contributed by atoms with Gasteiger partial charge in [-0.1, -0.05) is 64.0 Å². The molecule has 2 aromatic rings. The van der Waals surface area contributed by atoms with E-state index in [1.807, 2.05) is 61.5 Å². The lowest BCUT2D eigenvalue weighted by molar-refractivity contribution is -0.128. The van der Waals surface area contributed by atoms with Crippen molar-refractivity contribution in [3.63, 3.8) is 0 Å². The van der Waals surface area contributed by atoms with Crippen LogP contribution in [0.1, 0.15) is 25.0 Å². The van der Waals surface area contributed by atoms with Gasteiger partial charge in [-0.3, -0.25) is 9.59 Å². The molecule has 0 spiro atoms. The van der Waals surface area contributed by atoms with Crippen LogP contribution in [-0.4, -0.2) is 16.0 Å². The summed E-state index contributed by atoms with van der Waals surface area (Å²) in [4.78, 5) is 26.5. The summed E-state index contributed by atoms with van der Waals surface area (Å²) in [5.74, 6) is -0.481. The Morgan fingerprint density at radius 2 is 1.61 bits per heavy atom. The number of aryl methyl sites for hydroxylation is 1. The van der Waals surface area contributed by atoms with Crippen molar-refractivity contribution in [2.24, 2.45) is 0 Å². The molecule has 0 fully saturated rings. The molecule has 0 saturated heterocycles. The zero-order chi connectivity index (χ0) is 17.0. The lowest BCUT2D eigenvalue weighted by atomic mass is 10.0. The fourth-order valence-corrected chi connectivity index (χ4v) is 2.39. The number of benzene rings is 2. The molecule has 0 aromatic heterocycles. The van der Waals surface area contributed by atoms with Crippen LogP contribution in [0.2, 0.25) is 0 Å². The minimum atomic E-state index is -1.23. The highest BCUT2D eigenvalue weighted by molar-refractivity contribution is 9.10. The molecule has 2 aromatic carbocycles. The number of rotatable bonds is 5. The number of nitrogens with zero attached hydrogens (tertiary/aromatic N) is 1. The average Bonchev–Trinajstić information content (AvgIpc) is 2.53. The Morgan fingerprint density at radius 3 is 2.13 bits per heavy atom. The first-order chi connectivity index (χ1) is 10.8. The van der Waals surface area contributed by atoms with E-state index in [9.17, 15) is 9.59 Å².